The molecular formula is C11H23N2O+. The van der Waals surface area contributed by atoms with E-state index in [2.05, 4.69) is 39.6 Å². The molecule has 0 aromatic carbocycles. The third-order valence-electron chi connectivity index (χ3n) is 3.25. The number of quaternary nitrogens is 1. The zero-order valence-corrected chi connectivity index (χ0v) is 9.84. The summed E-state index contributed by atoms with van der Waals surface area (Å²) in [6, 6.07) is 0. The molecule has 0 bridgehead atoms. The number of carbonyl (C=O) groups is 1. The highest BCUT2D eigenvalue weighted by Gasteiger charge is 2.28. The Morgan fingerprint density at radius 3 is 2.07 bits per heavy atom. The van der Waals surface area contributed by atoms with E-state index >= 15 is 0 Å². The molecule has 0 aliphatic carbocycles. The van der Waals surface area contributed by atoms with Crippen LogP contribution in [0.2, 0.25) is 0 Å². The molecule has 3 heteroatoms. The van der Waals surface area contributed by atoms with Gasteiger partial charge in [0.2, 0.25) is 5.91 Å². The second-order valence-electron chi connectivity index (χ2n) is 3.56. The summed E-state index contributed by atoms with van der Waals surface area (Å²) in [5.41, 5.74) is 0. The normalized spacial score (nSPS) is 13.4. The number of hydrogen-bond donors (Lipinski definition) is 1. The van der Waals surface area contributed by atoms with Gasteiger partial charge >= 0.3 is 0 Å². The minimum absolute atomic E-state index is 0.0876. The zero-order chi connectivity index (χ0) is 11.2. The SMILES string of the molecule is C=CC(=O)NC(C)[N+](CC)(CC)CC. The summed E-state index contributed by atoms with van der Waals surface area (Å²) in [5, 5.41) is 2.94. The van der Waals surface area contributed by atoms with Crippen LogP contribution in [0, 0.1) is 0 Å². The Morgan fingerprint density at radius 2 is 1.79 bits per heavy atom. The fraction of sp³-hybridized carbons (Fsp3) is 0.727. The third-order valence-corrected chi connectivity index (χ3v) is 3.25. The summed E-state index contributed by atoms with van der Waals surface area (Å²) in [6.45, 7) is 15.1. The lowest BCUT2D eigenvalue weighted by molar-refractivity contribution is -0.946. The summed E-state index contributed by atoms with van der Waals surface area (Å²) < 4.78 is 0.916. The first-order valence-electron chi connectivity index (χ1n) is 5.35. The summed E-state index contributed by atoms with van der Waals surface area (Å²) in [4.78, 5) is 11.2. The summed E-state index contributed by atoms with van der Waals surface area (Å²) in [5.74, 6) is -0.0876. The van der Waals surface area contributed by atoms with Crippen molar-refractivity contribution in [2.45, 2.75) is 33.9 Å². The maximum absolute atomic E-state index is 11.2. The molecule has 0 radical (unpaired) electrons. The molecule has 82 valence electrons. The number of rotatable bonds is 6. The van der Waals surface area contributed by atoms with Gasteiger partial charge in [0.15, 0.2) is 6.17 Å². The molecule has 0 rings (SSSR count). The van der Waals surface area contributed by atoms with Gasteiger partial charge in [-0.05, 0) is 26.8 Å². The van der Waals surface area contributed by atoms with Gasteiger partial charge in [-0.2, -0.15) is 0 Å². The lowest BCUT2D eigenvalue weighted by Gasteiger charge is -2.41. The van der Waals surface area contributed by atoms with E-state index < -0.39 is 0 Å². The topological polar surface area (TPSA) is 29.1 Å². The van der Waals surface area contributed by atoms with Gasteiger partial charge in [-0.25, -0.2) is 0 Å². The van der Waals surface area contributed by atoms with Crippen LogP contribution in [0.5, 0.6) is 0 Å². The minimum atomic E-state index is -0.0876. The van der Waals surface area contributed by atoms with Gasteiger partial charge < -0.3 is 9.80 Å². The van der Waals surface area contributed by atoms with Crippen LogP contribution >= 0.6 is 0 Å². The number of nitrogens with one attached hydrogen (secondary N) is 1. The van der Waals surface area contributed by atoms with Crippen LogP contribution in [0.25, 0.3) is 0 Å². The monoisotopic (exact) mass is 199 g/mol. The van der Waals surface area contributed by atoms with Gasteiger partial charge in [-0.3, -0.25) is 4.79 Å². The molecule has 0 aliphatic heterocycles. The molecule has 0 heterocycles. The van der Waals surface area contributed by atoms with Gasteiger partial charge in [0.1, 0.15) is 0 Å². The first-order valence-corrected chi connectivity index (χ1v) is 5.35. The van der Waals surface area contributed by atoms with Crippen LogP contribution < -0.4 is 5.32 Å². The van der Waals surface area contributed by atoms with Crippen LogP contribution in [-0.4, -0.2) is 36.2 Å². The largest absolute Gasteiger partial charge is 0.305 e. The smallest absolute Gasteiger partial charge is 0.247 e. The second-order valence-corrected chi connectivity index (χ2v) is 3.56. The number of hydrogen-bond acceptors (Lipinski definition) is 1. The van der Waals surface area contributed by atoms with Crippen molar-refractivity contribution in [2.75, 3.05) is 19.6 Å². The molecule has 0 saturated heterocycles. The van der Waals surface area contributed by atoms with Crippen molar-refractivity contribution in [3.05, 3.63) is 12.7 Å². The van der Waals surface area contributed by atoms with Crippen molar-refractivity contribution < 1.29 is 9.28 Å². The fourth-order valence-electron chi connectivity index (χ4n) is 1.89. The molecule has 0 fully saturated rings. The third kappa shape index (κ3) is 2.84. The predicted molar refractivity (Wildman–Crippen MR) is 59.7 cm³/mol. The maximum atomic E-state index is 11.2. The number of nitrogens with zero attached hydrogens (tertiary/aromatic N) is 1. The first kappa shape index (κ1) is 13.2. The Hall–Kier alpha value is -0.830. The predicted octanol–water partition coefficient (Wildman–Crippen LogP) is 1.51. The van der Waals surface area contributed by atoms with Crippen molar-refractivity contribution in [3.8, 4) is 0 Å². The molecule has 1 unspecified atom stereocenters. The van der Waals surface area contributed by atoms with E-state index in [9.17, 15) is 4.79 Å². The van der Waals surface area contributed by atoms with Gasteiger partial charge in [0.25, 0.3) is 0 Å². The molecule has 1 N–H and O–H groups in total. The lowest BCUT2D eigenvalue weighted by Crippen LogP contribution is -2.60. The van der Waals surface area contributed by atoms with Gasteiger partial charge in [0.05, 0.1) is 19.6 Å². The van der Waals surface area contributed by atoms with Crippen molar-refractivity contribution in [1.29, 1.82) is 0 Å². The van der Waals surface area contributed by atoms with Crippen molar-refractivity contribution in [2.24, 2.45) is 0 Å². The van der Waals surface area contributed by atoms with Crippen molar-refractivity contribution in [3.63, 3.8) is 0 Å². The van der Waals surface area contributed by atoms with E-state index in [1.54, 1.807) is 0 Å². The highest BCUT2D eigenvalue weighted by Crippen LogP contribution is 2.10. The lowest BCUT2D eigenvalue weighted by atomic mass is 10.3. The molecule has 0 aromatic rings. The molecule has 0 spiro atoms. The van der Waals surface area contributed by atoms with Crippen LogP contribution in [0.4, 0.5) is 0 Å². The maximum Gasteiger partial charge on any atom is 0.247 e. The first-order chi connectivity index (χ1) is 6.56. The molecule has 0 saturated carbocycles. The zero-order valence-electron chi connectivity index (χ0n) is 9.84. The highest BCUT2D eigenvalue weighted by molar-refractivity contribution is 5.86. The van der Waals surface area contributed by atoms with Gasteiger partial charge in [-0.15, -0.1) is 0 Å². The van der Waals surface area contributed by atoms with E-state index in [1.165, 1.54) is 6.08 Å². The summed E-state index contributed by atoms with van der Waals surface area (Å²) in [6.07, 6.45) is 1.48. The van der Waals surface area contributed by atoms with Crippen LogP contribution in [0.3, 0.4) is 0 Å². The molecule has 0 aromatic heterocycles. The molecule has 3 nitrogen and oxygen atoms in total. The summed E-state index contributed by atoms with van der Waals surface area (Å²) in [7, 11) is 0. The Labute approximate surface area is 87.4 Å². The Morgan fingerprint density at radius 1 is 1.36 bits per heavy atom. The van der Waals surface area contributed by atoms with E-state index in [-0.39, 0.29) is 12.1 Å². The van der Waals surface area contributed by atoms with Gasteiger partial charge in [-0.1, -0.05) is 6.58 Å². The molecule has 0 aliphatic rings. The van der Waals surface area contributed by atoms with Crippen LogP contribution in [0.15, 0.2) is 12.7 Å². The Kier molecular flexibility index (Phi) is 5.46. The van der Waals surface area contributed by atoms with E-state index in [0.29, 0.717) is 0 Å². The van der Waals surface area contributed by atoms with Crippen LogP contribution in [-0.2, 0) is 4.79 Å². The number of amides is 1. The highest BCUT2D eigenvalue weighted by atomic mass is 16.1. The van der Waals surface area contributed by atoms with E-state index in [4.69, 9.17) is 0 Å². The Balaban J connectivity index is 4.50. The number of carbonyl (C=O) groups excluding carboxylic acids is 1. The minimum Gasteiger partial charge on any atom is -0.305 e. The molecular weight excluding hydrogens is 176 g/mol. The fourth-order valence-corrected chi connectivity index (χ4v) is 1.89. The van der Waals surface area contributed by atoms with Crippen molar-refractivity contribution in [1.82, 2.24) is 5.32 Å². The standard InChI is InChI=1S/C11H22N2O/c1-6-11(14)12-10(5)13(7-2,8-3)9-4/h6,10H,1,7-9H2,2-5H3/p+1. The Bertz CT molecular complexity index is 189. The van der Waals surface area contributed by atoms with Gasteiger partial charge in [0, 0.05) is 6.92 Å². The van der Waals surface area contributed by atoms with Crippen LogP contribution in [0.1, 0.15) is 27.7 Å². The second kappa shape index (κ2) is 5.81. The molecule has 1 atom stereocenters. The summed E-state index contributed by atoms with van der Waals surface area (Å²) >= 11 is 0. The quantitative estimate of drug-likeness (QED) is 0.392. The van der Waals surface area contributed by atoms with E-state index in [0.717, 1.165) is 24.1 Å². The van der Waals surface area contributed by atoms with E-state index in [1.807, 2.05) is 0 Å². The molecule has 14 heavy (non-hydrogen) atoms. The molecule has 1 amide bonds. The average Bonchev–Trinajstić information content (AvgIpc) is 2.21. The average molecular weight is 199 g/mol. The van der Waals surface area contributed by atoms with Crippen molar-refractivity contribution >= 4 is 5.91 Å².